The molecule has 2 aliphatic rings. The Hall–Kier alpha value is -2.50. The average molecular weight is 371 g/mol. The van der Waals surface area contributed by atoms with E-state index in [-0.39, 0.29) is 34.9 Å². The molecule has 0 saturated carbocycles. The molecule has 4 nitrogen and oxygen atoms in total. The summed E-state index contributed by atoms with van der Waals surface area (Å²) in [5, 5.41) is 0. The normalized spacial score (nSPS) is 24.0. The van der Waals surface area contributed by atoms with Gasteiger partial charge in [0.25, 0.3) is 5.91 Å². The van der Waals surface area contributed by atoms with Gasteiger partial charge < -0.3 is 9.80 Å². The Labute approximate surface area is 157 Å². The van der Waals surface area contributed by atoms with Crippen LogP contribution in [0.25, 0.3) is 0 Å². The lowest BCUT2D eigenvalue weighted by molar-refractivity contribution is 0.0656. The van der Waals surface area contributed by atoms with Crippen LogP contribution in [0.3, 0.4) is 0 Å². The summed E-state index contributed by atoms with van der Waals surface area (Å²) in [7, 11) is 0. The molecule has 2 aliphatic heterocycles. The number of pyridine rings is 1. The van der Waals surface area contributed by atoms with Gasteiger partial charge in [-0.1, -0.05) is 0 Å². The topological polar surface area (TPSA) is 36.4 Å². The number of likely N-dealkylation sites (tertiary alicyclic amines) is 1. The number of carbonyl (C=O) groups excluding carboxylic acids is 1. The van der Waals surface area contributed by atoms with Gasteiger partial charge in [-0.2, -0.15) is 0 Å². The molecule has 0 aliphatic carbocycles. The lowest BCUT2D eigenvalue weighted by Gasteiger charge is -2.41. The molecule has 1 amide bonds. The molecule has 6 heteroatoms. The smallest absolute Gasteiger partial charge is 0.275 e. The molecule has 142 valence electrons. The van der Waals surface area contributed by atoms with E-state index >= 15 is 0 Å². The zero-order valence-corrected chi connectivity index (χ0v) is 15.5. The fourth-order valence-corrected chi connectivity index (χ4v) is 4.77. The summed E-state index contributed by atoms with van der Waals surface area (Å²) in [6.45, 7) is 5.50. The van der Waals surface area contributed by atoms with Crippen molar-refractivity contribution in [3.8, 4) is 0 Å². The van der Waals surface area contributed by atoms with Crippen molar-refractivity contribution >= 4 is 11.6 Å². The summed E-state index contributed by atoms with van der Waals surface area (Å²) in [5.41, 5.74) is 0.802. The van der Waals surface area contributed by atoms with Crippen LogP contribution in [0.1, 0.15) is 37.2 Å². The van der Waals surface area contributed by atoms with Crippen molar-refractivity contribution in [2.45, 2.75) is 38.3 Å². The third-order valence-electron chi connectivity index (χ3n) is 5.79. The highest BCUT2D eigenvalue weighted by Gasteiger charge is 2.48. The lowest BCUT2D eigenvalue weighted by atomic mass is 9.89. The summed E-state index contributed by atoms with van der Waals surface area (Å²) < 4.78 is 27.3. The van der Waals surface area contributed by atoms with E-state index in [2.05, 4.69) is 23.7 Å². The number of halogens is 2. The van der Waals surface area contributed by atoms with E-state index in [9.17, 15) is 13.6 Å². The fraction of sp³-hybridized carbons (Fsp3) is 0.429. The van der Waals surface area contributed by atoms with Crippen molar-refractivity contribution in [3.05, 3.63) is 59.9 Å². The minimum Gasteiger partial charge on any atom is -0.363 e. The molecule has 0 spiro atoms. The number of carbonyl (C=O) groups is 1. The van der Waals surface area contributed by atoms with Gasteiger partial charge in [-0.3, -0.25) is 4.79 Å². The first kappa shape index (κ1) is 17.9. The fourth-order valence-electron chi connectivity index (χ4n) is 4.77. The Morgan fingerprint density at radius 3 is 2.63 bits per heavy atom. The van der Waals surface area contributed by atoms with Gasteiger partial charge in [-0.15, -0.1) is 0 Å². The minimum absolute atomic E-state index is 0.0948. The highest BCUT2D eigenvalue weighted by atomic mass is 19.1. The van der Waals surface area contributed by atoms with Crippen LogP contribution in [0.2, 0.25) is 0 Å². The van der Waals surface area contributed by atoms with Crippen LogP contribution >= 0.6 is 0 Å². The Balaban J connectivity index is 1.56. The lowest BCUT2D eigenvalue weighted by Crippen LogP contribution is -2.50. The van der Waals surface area contributed by atoms with E-state index in [1.165, 1.54) is 30.5 Å². The van der Waals surface area contributed by atoms with Gasteiger partial charge in [-0.25, -0.2) is 13.8 Å². The first-order valence-corrected chi connectivity index (χ1v) is 9.31. The molecule has 0 bridgehead atoms. The number of nitrogens with zero attached hydrogens (tertiary/aromatic N) is 3. The quantitative estimate of drug-likeness (QED) is 0.804. The molecule has 2 saturated heterocycles. The molecule has 0 N–H and O–H groups in total. The largest absolute Gasteiger partial charge is 0.363 e. The zero-order valence-electron chi connectivity index (χ0n) is 15.5. The maximum absolute atomic E-state index is 14.0. The van der Waals surface area contributed by atoms with Crippen LogP contribution in [0.15, 0.2) is 42.6 Å². The third kappa shape index (κ3) is 3.17. The van der Waals surface area contributed by atoms with E-state index in [0.29, 0.717) is 13.1 Å². The highest BCUT2D eigenvalue weighted by Crippen LogP contribution is 2.44. The molecular formula is C21H23F2N3O. The standard InChI is InChI=1S/C21H23F2N3O/c1-21(2)12-14-13-25(20(27)19-17(23)4-3-10-24-19)11-9-18(14)26(21)16-7-5-15(22)6-8-16/h3-8,10,14,18H,9,11-13H2,1-2H3/t14-,18+/m1/s1. The number of piperidine rings is 1. The van der Waals surface area contributed by atoms with Crippen LogP contribution in [0.4, 0.5) is 14.5 Å². The SMILES string of the molecule is CC1(C)C[C@@H]2CN(C(=O)c3ncccc3F)CC[C@@H]2N1c1ccc(F)cc1. The van der Waals surface area contributed by atoms with Crippen LogP contribution in [-0.2, 0) is 0 Å². The molecule has 0 radical (unpaired) electrons. The van der Waals surface area contributed by atoms with E-state index in [1.807, 2.05) is 12.1 Å². The van der Waals surface area contributed by atoms with Gasteiger partial charge in [-0.05, 0) is 69.0 Å². The molecule has 2 atom stereocenters. The highest BCUT2D eigenvalue weighted by molar-refractivity contribution is 5.92. The second-order valence-corrected chi connectivity index (χ2v) is 8.06. The number of aromatic nitrogens is 1. The van der Waals surface area contributed by atoms with Crippen LogP contribution < -0.4 is 4.90 Å². The number of anilines is 1. The van der Waals surface area contributed by atoms with Crippen molar-refractivity contribution in [2.24, 2.45) is 5.92 Å². The van der Waals surface area contributed by atoms with E-state index in [0.717, 1.165) is 18.5 Å². The van der Waals surface area contributed by atoms with Crippen molar-refractivity contribution in [1.29, 1.82) is 0 Å². The van der Waals surface area contributed by atoms with Crippen molar-refractivity contribution in [2.75, 3.05) is 18.0 Å². The molecule has 2 aromatic rings. The van der Waals surface area contributed by atoms with Crippen LogP contribution in [0, 0.1) is 17.6 Å². The van der Waals surface area contributed by atoms with Gasteiger partial charge >= 0.3 is 0 Å². The Morgan fingerprint density at radius 1 is 1.19 bits per heavy atom. The average Bonchev–Trinajstić information content (AvgIpc) is 2.91. The Bertz CT molecular complexity index is 853. The van der Waals surface area contributed by atoms with E-state index in [1.54, 1.807) is 4.90 Å². The number of benzene rings is 1. The summed E-state index contributed by atoms with van der Waals surface area (Å²) in [5.74, 6) is -0.881. The number of hydrogen-bond acceptors (Lipinski definition) is 3. The third-order valence-corrected chi connectivity index (χ3v) is 5.79. The van der Waals surface area contributed by atoms with Crippen LogP contribution in [0.5, 0.6) is 0 Å². The molecule has 4 rings (SSSR count). The molecule has 3 heterocycles. The Morgan fingerprint density at radius 2 is 1.93 bits per heavy atom. The van der Waals surface area contributed by atoms with E-state index in [4.69, 9.17) is 0 Å². The Kier molecular flexibility index (Phi) is 4.36. The predicted octanol–water partition coefficient (Wildman–Crippen LogP) is 3.88. The zero-order chi connectivity index (χ0) is 19.2. The summed E-state index contributed by atoms with van der Waals surface area (Å²) in [4.78, 5) is 20.7. The molecule has 1 aromatic heterocycles. The minimum atomic E-state index is -0.579. The van der Waals surface area contributed by atoms with Gasteiger partial charge in [0.2, 0.25) is 0 Å². The van der Waals surface area contributed by atoms with Gasteiger partial charge in [0.1, 0.15) is 5.82 Å². The predicted molar refractivity (Wildman–Crippen MR) is 99.6 cm³/mol. The van der Waals surface area contributed by atoms with Crippen LogP contribution in [-0.4, -0.2) is 40.5 Å². The van der Waals surface area contributed by atoms with Crippen molar-refractivity contribution in [3.63, 3.8) is 0 Å². The van der Waals surface area contributed by atoms with Gasteiger partial charge in [0, 0.05) is 36.6 Å². The molecular weight excluding hydrogens is 348 g/mol. The first-order chi connectivity index (χ1) is 12.9. The van der Waals surface area contributed by atoms with Crippen molar-refractivity contribution < 1.29 is 13.6 Å². The number of rotatable bonds is 2. The number of hydrogen-bond donors (Lipinski definition) is 0. The monoisotopic (exact) mass is 371 g/mol. The second kappa shape index (κ2) is 6.59. The second-order valence-electron chi connectivity index (χ2n) is 8.06. The molecule has 2 fully saturated rings. The molecule has 27 heavy (non-hydrogen) atoms. The molecule has 1 aromatic carbocycles. The summed E-state index contributed by atoms with van der Waals surface area (Å²) in [6, 6.07) is 9.65. The van der Waals surface area contributed by atoms with Crippen molar-refractivity contribution in [1.82, 2.24) is 9.88 Å². The van der Waals surface area contributed by atoms with E-state index < -0.39 is 5.82 Å². The summed E-state index contributed by atoms with van der Waals surface area (Å²) in [6.07, 6.45) is 3.16. The van der Waals surface area contributed by atoms with Gasteiger partial charge in [0.15, 0.2) is 11.5 Å². The number of fused-ring (bicyclic) bond motifs is 1. The number of amides is 1. The van der Waals surface area contributed by atoms with Gasteiger partial charge in [0.05, 0.1) is 0 Å². The maximum atomic E-state index is 14.0. The first-order valence-electron chi connectivity index (χ1n) is 9.31. The molecule has 0 unspecified atom stereocenters. The summed E-state index contributed by atoms with van der Waals surface area (Å²) >= 11 is 0. The maximum Gasteiger partial charge on any atom is 0.275 e.